The fraction of sp³-hybridized carbons (Fsp3) is 0.440. The van der Waals surface area contributed by atoms with E-state index in [2.05, 4.69) is 24.3 Å². The number of hydrogen-bond donors (Lipinski definition) is 0. The van der Waals surface area contributed by atoms with Crippen molar-refractivity contribution in [3.63, 3.8) is 0 Å². The standard InChI is InChI=1S/C25H32O4/c1-3-29-25(27)17-20(2)24(26)18-23(22-13-8-5-9-14-22)15-10-16-28-19-21-11-6-4-7-12-21/h4-9,11-14,20,23H,3,10,15-19H2,1-2H3. The number of hydrogen-bond acceptors (Lipinski definition) is 4. The Labute approximate surface area is 174 Å². The Balaban J connectivity index is 1.85. The van der Waals surface area contributed by atoms with Crippen molar-refractivity contribution in [1.82, 2.24) is 0 Å². The minimum atomic E-state index is -0.324. The summed E-state index contributed by atoms with van der Waals surface area (Å²) in [5.41, 5.74) is 2.32. The van der Waals surface area contributed by atoms with E-state index in [4.69, 9.17) is 9.47 Å². The fourth-order valence-electron chi connectivity index (χ4n) is 3.34. The predicted octanol–water partition coefficient (Wildman–Crippen LogP) is 5.32. The summed E-state index contributed by atoms with van der Waals surface area (Å²) >= 11 is 0. The van der Waals surface area contributed by atoms with Gasteiger partial charge in [-0.15, -0.1) is 0 Å². The zero-order valence-electron chi connectivity index (χ0n) is 17.5. The van der Waals surface area contributed by atoms with Crippen LogP contribution < -0.4 is 0 Å². The van der Waals surface area contributed by atoms with Gasteiger partial charge in [-0.1, -0.05) is 67.6 Å². The lowest BCUT2D eigenvalue weighted by atomic mass is 9.86. The average Bonchev–Trinajstić information content (AvgIpc) is 2.74. The van der Waals surface area contributed by atoms with Gasteiger partial charge in [0.1, 0.15) is 5.78 Å². The molecule has 0 aliphatic heterocycles. The SMILES string of the molecule is CCOC(=O)CC(C)C(=O)CC(CCCOCc1ccccc1)c1ccccc1. The van der Waals surface area contributed by atoms with Gasteiger partial charge in [0.15, 0.2) is 0 Å². The van der Waals surface area contributed by atoms with E-state index in [1.165, 1.54) is 0 Å². The molecule has 0 N–H and O–H groups in total. The van der Waals surface area contributed by atoms with Gasteiger partial charge in [0.05, 0.1) is 19.6 Å². The molecule has 4 heteroatoms. The van der Waals surface area contributed by atoms with Crippen molar-refractivity contribution in [1.29, 1.82) is 0 Å². The lowest BCUT2D eigenvalue weighted by molar-refractivity contribution is -0.145. The molecule has 0 saturated heterocycles. The monoisotopic (exact) mass is 396 g/mol. The van der Waals surface area contributed by atoms with Crippen LogP contribution in [0.15, 0.2) is 60.7 Å². The van der Waals surface area contributed by atoms with Crippen LogP contribution in [0.3, 0.4) is 0 Å². The van der Waals surface area contributed by atoms with Crippen molar-refractivity contribution < 1.29 is 19.1 Å². The summed E-state index contributed by atoms with van der Waals surface area (Å²) in [6.45, 7) is 5.19. The first kappa shape index (κ1) is 22.8. The van der Waals surface area contributed by atoms with E-state index in [1.54, 1.807) is 6.92 Å². The molecule has 0 saturated carbocycles. The number of ether oxygens (including phenoxy) is 2. The third-order valence-corrected chi connectivity index (χ3v) is 5.00. The summed E-state index contributed by atoms with van der Waals surface area (Å²) in [7, 11) is 0. The lowest BCUT2D eigenvalue weighted by Crippen LogP contribution is -2.19. The zero-order valence-corrected chi connectivity index (χ0v) is 17.5. The van der Waals surface area contributed by atoms with Crippen molar-refractivity contribution in [2.75, 3.05) is 13.2 Å². The maximum Gasteiger partial charge on any atom is 0.306 e. The largest absolute Gasteiger partial charge is 0.466 e. The molecule has 0 spiro atoms. The first-order chi connectivity index (χ1) is 14.1. The Kier molecular flexibility index (Phi) is 10.1. The number of rotatable bonds is 13. The lowest BCUT2D eigenvalue weighted by Gasteiger charge is -2.19. The highest BCUT2D eigenvalue weighted by atomic mass is 16.5. The van der Waals surface area contributed by atoms with Crippen LogP contribution in [0, 0.1) is 5.92 Å². The van der Waals surface area contributed by atoms with Crippen molar-refractivity contribution in [3.05, 3.63) is 71.8 Å². The van der Waals surface area contributed by atoms with E-state index in [0.29, 0.717) is 26.2 Å². The topological polar surface area (TPSA) is 52.6 Å². The van der Waals surface area contributed by atoms with Crippen LogP contribution in [-0.4, -0.2) is 25.0 Å². The number of benzene rings is 2. The molecular formula is C25H32O4. The summed E-state index contributed by atoms with van der Waals surface area (Å²) in [6.07, 6.45) is 2.33. The number of carbonyl (C=O) groups excluding carboxylic acids is 2. The van der Waals surface area contributed by atoms with E-state index in [9.17, 15) is 9.59 Å². The average molecular weight is 397 g/mol. The second kappa shape index (κ2) is 12.9. The molecule has 29 heavy (non-hydrogen) atoms. The summed E-state index contributed by atoms with van der Waals surface area (Å²) in [5.74, 6) is -0.390. The van der Waals surface area contributed by atoms with Gasteiger partial charge < -0.3 is 9.47 Å². The molecule has 0 aromatic heterocycles. The third-order valence-electron chi connectivity index (χ3n) is 5.00. The number of carbonyl (C=O) groups is 2. The van der Waals surface area contributed by atoms with Gasteiger partial charge in [0.25, 0.3) is 0 Å². The van der Waals surface area contributed by atoms with E-state index in [0.717, 1.165) is 24.0 Å². The van der Waals surface area contributed by atoms with E-state index < -0.39 is 0 Å². The maximum atomic E-state index is 12.7. The summed E-state index contributed by atoms with van der Waals surface area (Å²) in [6, 6.07) is 20.2. The summed E-state index contributed by atoms with van der Waals surface area (Å²) < 4.78 is 10.8. The van der Waals surface area contributed by atoms with Crippen molar-refractivity contribution >= 4 is 11.8 Å². The predicted molar refractivity (Wildman–Crippen MR) is 115 cm³/mol. The van der Waals surface area contributed by atoms with Crippen LogP contribution in [0.5, 0.6) is 0 Å². The van der Waals surface area contributed by atoms with Crippen LogP contribution in [-0.2, 0) is 25.7 Å². The first-order valence-electron chi connectivity index (χ1n) is 10.4. The highest BCUT2D eigenvalue weighted by Crippen LogP contribution is 2.27. The van der Waals surface area contributed by atoms with Crippen molar-refractivity contribution in [3.8, 4) is 0 Å². The summed E-state index contributed by atoms with van der Waals surface area (Å²) in [5, 5.41) is 0. The van der Waals surface area contributed by atoms with Crippen molar-refractivity contribution in [2.24, 2.45) is 5.92 Å². The van der Waals surface area contributed by atoms with Gasteiger partial charge >= 0.3 is 5.97 Å². The second-order valence-electron chi connectivity index (χ2n) is 7.37. The third kappa shape index (κ3) is 8.61. The highest BCUT2D eigenvalue weighted by Gasteiger charge is 2.22. The molecule has 0 radical (unpaired) electrons. The molecule has 2 rings (SSSR count). The highest BCUT2D eigenvalue weighted by molar-refractivity contribution is 5.85. The minimum Gasteiger partial charge on any atom is -0.466 e. The molecule has 0 aliphatic carbocycles. The number of ketones is 1. The Morgan fingerprint density at radius 3 is 2.24 bits per heavy atom. The van der Waals surface area contributed by atoms with Crippen LogP contribution >= 0.6 is 0 Å². The summed E-state index contributed by atoms with van der Waals surface area (Å²) in [4.78, 5) is 24.4. The van der Waals surface area contributed by atoms with Crippen LogP contribution in [0.2, 0.25) is 0 Å². The fourth-order valence-corrected chi connectivity index (χ4v) is 3.34. The Morgan fingerprint density at radius 2 is 1.59 bits per heavy atom. The molecule has 0 fully saturated rings. The van der Waals surface area contributed by atoms with Gasteiger partial charge in [-0.2, -0.15) is 0 Å². The van der Waals surface area contributed by atoms with Crippen LogP contribution in [0.1, 0.15) is 56.6 Å². The molecule has 2 aromatic carbocycles. The Hall–Kier alpha value is -2.46. The van der Waals surface area contributed by atoms with Gasteiger partial charge in [-0.3, -0.25) is 9.59 Å². The van der Waals surface area contributed by atoms with Crippen LogP contribution in [0.25, 0.3) is 0 Å². The normalized spacial score (nSPS) is 12.9. The molecule has 4 nitrogen and oxygen atoms in total. The minimum absolute atomic E-state index is 0.108. The Morgan fingerprint density at radius 1 is 0.931 bits per heavy atom. The second-order valence-corrected chi connectivity index (χ2v) is 7.37. The molecule has 0 aliphatic rings. The van der Waals surface area contributed by atoms with Crippen molar-refractivity contribution in [2.45, 2.75) is 52.1 Å². The van der Waals surface area contributed by atoms with Gasteiger partial charge in [0, 0.05) is 18.9 Å². The maximum absolute atomic E-state index is 12.7. The van der Waals surface area contributed by atoms with E-state index in [-0.39, 0.29) is 30.0 Å². The smallest absolute Gasteiger partial charge is 0.306 e. The molecule has 2 unspecified atom stereocenters. The molecular weight excluding hydrogens is 364 g/mol. The molecule has 0 amide bonds. The first-order valence-corrected chi connectivity index (χ1v) is 10.4. The van der Waals surface area contributed by atoms with E-state index in [1.807, 2.05) is 43.3 Å². The number of esters is 1. The quantitative estimate of drug-likeness (QED) is 0.340. The zero-order chi connectivity index (χ0) is 20.9. The molecule has 0 heterocycles. The van der Waals surface area contributed by atoms with Gasteiger partial charge in [-0.05, 0) is 36.8 Å². The van der Waals surface area contributed by atoms with Gasteiger partial charge in [-0.25, -0.2) is 0 Å². The molecule has 2 atom stereocenters. The van der Waals surface area contributed by atoms with E-state index >= 15 is 0 Å². The molecule has 0 bridgehead atoms. The molecule has 2 aromatic rings. The molecule has 156 valence electrons. The number of Topliss-reactive ketones (excluding diaryl/α,β-unsaturated/α-hetero) is 1. The Bertz CT molecular complexity index is 727. The van der Waals surface area contributed by atoms with Gasteiger partial charge in [0.2, 0.25) is 0 Å². The van der Waals surface area contributed by atoms with Crippen LogP contribution in [0.4, 0.5) is 0 Å².